The normalized spacial score (nSPS) is 43.7. The van der Waals surface area contributed by atoms with Gasteiger partial charge in [-0.2, -0.15) is 0 Å². The molecule has 0 heterocycles. The standard InChI is InChI=1S/C25H42O2.CH3IOS/c1-17-16-19-21-12-11-18(8-7-10-23(26)27-4)24(21,2)15-13-22(19)25(3)14-6-5-9-20(17)25;1-3-4-2/h17-22H,5-16H2,1-4H3;1H3/t17-,18?,19?,20?,21?,22-,24?,25?;/m0./s1. The van der Waals surface area contributed by atoms with E-state index in [0.29, 0.717) is 17.3 Å². The van der Waals surface area contributed by atoms with Gasteiger partial charge in [-0.25, -0.2) is 0 Å². The fourth-order valence-electron chi connectivity index (χ4n) is 8.99. The van der Waals surface area contributed by atoms with E-state index in [0.717, 1.165) is 41.9 Å². The van der Waals surface area contributed by atoms with Crippen LogP contribution in [0.25, 0.3) is 0 Å². The maximum absolute atomic E-state index is 11.5. The Morgan fingerprint density at radius 2 is 1.71 bits per heavy atom. The van der Waals surface area contributed by atoms with Gasteiger partial charge in [0.15, 0.2) is 0 Å². The predicted molar refractivity (Wildman–Crippen MR) is 139 cm³/mol. The van der Waals surface area contributed by atoms with Gasteiger partial charge in [0.05, 0.1) is 23.4 Å². The molecule has 0 N–H and O–H groups in total. The molecule has 6 unspecified atom stereocenters. The highest BCUT2D eigenvalue weighted by Crippen LogP contribution is 2.68. The predicted octanol–water partition coefficient (Wildman–Crippen LogP) is 8.26. The van der Waals surface area contributed by atoms with Gasteiger partial charge in [0.1, 0.15) is 0 Å². The zero-order chi connectivity index (χ0) is 22.6. The van der Waals surface area contributed by atoms with Crippen LogP contribution in [-0.4, -0.2) is 20.2 Å². The first kappa shape index (κ1) is 26.1. The number of carbonyl (C=O) groups excluding carboxylic acids is 1. The molecule has 3 nitrogen and oxygen atoms in total. The molecular weight excluding hydrogens is 519 g/mol. The van der Waals surface area contributed by atoms with Crippen LogP contribution in [-0.2, 0) is 13.7 Å². The molecule has 31 heavy (non-hydrogen) atoms. The summed E-state index contributed by atoms with van der Waals surface area (Å²) >= 11 is 2.05. The van der Waals surface area contributed by atoms with Crippen molar-refractivity contribution in [3.8, 4) is 0 Å². The van der Waals surface area contributed by atoms with E-state index in [-0.39, 0.29) is 5.97 Å². The van der Waals surface area contributed by atoms with Crippen molar-refractivity contribution in [1.29, 1.82) is 0 Å². The van der Waals surface area contributed by atoms with Gasteiger partial charge in [-0.3, -0.25) is 4.79 Å². The van der Waals surface area contributed by atoms with Gasteiger partial charge in [0.25, 0.3) is 0 Å². The molecule has 180 valence electrons. The second-order valence-corrected chi connectivity index (χ2v) is 13.0. The van der Waals surface area contributed by atoms with Crippen molar-refractivity contribution in [2.45, 2.75) is 97.8 Å². The van der Waals surface area contributed by atoms with Crippen LogP contribution < -0.4 is 0 Å². The van der Waals surface area contributed by atoms with Crippen LogP contribution in [0.5, 0.6) is 0 Å². The number of carbonyl (C=O) groups is 1. The van der Waals surface area contributed by atoms with E-state index in [2.05, 4.69) is 25.0 Å². The number of ether oxygens (including phenoxy) is 1. The molecule has 0 saturated heterocycles. The summed E-state index contributed by atoms with van der Waals surface area (Å²) in [6, 6.07) is 0. The Labute approximate surface area is 207 Å². The molecule has 0 spiro atoms. The van der Waals surface area contributed by atoms with Crippen molar-refractivity contribution in [2.75, 3.05) is 14.2 Å². The lowest BCUT2D eigenvalue weighted by Crippen LogP contribution is -2.55. The van der Waals surface area contributed by atoms with Gasteiger partial charge in [-0.15, -0.1) is 0 Å². The molecule has 0 aromatic heterocycles. The molecule has 4 aliphatic rings. The van der Waals surface area contributed by atoms with Gasteiger partial charge < -0.3 is 8.92 Å². The van der Waals surface area contributed by atoms with Crippen LogP contribution in [0, 0.1) is 46.3 Å². The third-order valence-electron chi connectivity index (χ3n) is 10.4. The molecule has 4 saturated carbocycles. The Morgan fingerprint density at radius 1 is 1.00 bits per heavy atom. The molecule has 4 aliphatic carbocycles. The van der Waals surface area contributed by atoms with E-state index in [1.165, 1.54) is 80.5 Å². The highest BCUT2D eigenvalue weighted by molar-refractivity contribution is 14.2. The summed E-state index contributed by atoms with van der Waals surface area (Å²) in [7, 11) is 4.48. The van der Waals surface area contributed by atoms with Crippen molar-refractivity contribution in [3.63, 3.8) is 0 Å². The molecule has 0 amide bonds. The van der Waals surface area contributed by atoms with E-state index < -0.39 is 0 Å². The van der Waals surface area contributed by atoms with E-state index in [1.54, 1.807) is 7.11 Å². The van der Waals surface area contributed by atoms with E-state index >= 15 is 0 Å². The van der Waals surface area contributed by atoms with E-state index in [4.69, 9.17) is 4.74 Å². The van der Waals surface area contributed by atoms with Crippen molar-refractivity contribution in [2.24, 2.45) is 46.3 Å². The molecular formula is C26H45IO3S. The number of methoxy groups -OCH3 is 1. The Kier molecular flexibility index (Phi) is 9.51. The molecule has 0 aromatic rings. The minimum Gasteiger partial charge on any atom is -0.469 e. The number of fused-ring (bicyclic) bond motifs is 5. The zero-order valence-electron chi connectivity index (χ0n) is 20.5. The Balaban J connectivity index is 0.000000628. The van der Waals surface area contributed by atoms with Crippen molar-refractivity contribution >= 4 is 36.4 Å². The monoisotopic (exact) mass is 564 g/mol. The maximum Gasteiger partial charge on any atom is 0.305 e. The largest absolute Gasteiger partial charge is 0.469 e. The summed E-state index contributed by atoms with van der Waals surface area (Å²) in [6.45, 7) is 7.90. The number of hydrogen-bond donors (Lipinski definition) is 0. The summed E-state index contributed by atoms with van der Waals surface area (Å²) < 4.78 is 9.30. The van der Waals surface area contributed by atoms with Crippen LogP contribution in [0.1, 0.15) is 97.8 Å². The molecule has 5 heteroatoms. The average Bonchev–Trinajstić information content (AvgIpc) is 3.10. The summed E-state index contributed by atoms with van der Waals surface area (Å²) in [5.74, 6) is 5.64. The molecule has 0 aromatic carbocycles. The first-order valence-electron chi connectivity index (χ1n) is 12.7. The van der Waals surface area contributed by atoms with Gasteiger partial charge in [0.2, 0.25) is 0 Å². The second-order valence-electron chi connectivity index (χ2n) is 11.5. The van der Waals surface area contributed by atoms with Crippen LogP contribution in [0.2, 0.25) is 0 Å². The van der Waals surface area contributed by atoms with Gasteiger partial charge in [-0.1, -0.05) is 33.6 Å². The summed E-state index contributed by atoms with van der Waals surface area (Å²) in [6.07, 6.45) is 16.1. The van der Waals surface area contributed by atoms with Gasteiger partial charge in [-0.05, 0) is 104 Å². The first-order valence-corrected chi connectivity index (χ1v) is 16.0. The topological polar surface area (TPSA) is 35.5 Å². The lowest BCUT2D eigenvalue weighted by Gasteiger charge is -2.62. The molecule has 4 rings (SSSR count). The molecule has 0 radical (unpaired) electrons. The highest BCUT2D eigenvalue weighted by atomic mass is 127. The van der Waals surface area contributed by atoms with Crippen LogP contribution >= 0.6 is 30.4 Å². The SMILES string of the molecule is COC(=O)CCCC1CCC2C3C[C@H](C)C4CCCCC4(C)[C@H]3CCC12C.COSI. The van der Waals surface area contributed by atoms with Crippen molar-refractivity contribution < 1.29 is 13.7 Å². The summed E-state index contributed by atoms with van der Waals surface area (Å²) in [4.78, 5) is 11.5. The molecule has 8 atom stereocenters. The number of halogens is 1. The van der Waals surface area contributed by atoms with Crippen molar-refractivity contribution in [3.05, 3.63) is 0 Å². The maximum atomic E-state index is 11.5. The van der Waals surface area contributed by atoms with E-state index in [9.17, 15) is 4.79 Å². The number of rotatable bonds is 5. The fraction of sp³-hybridized carbons (Fsp3) is 0.962. The third-order valence-corrected chi connectivity index (χ3v) is 11.6. The number of hydrogen-bond acceptors (Lipinski definition) is 4. The van der Waals surface area contributed by atoms with E-state index in [1.807, 2.05) is 21.2 Å². The molecule has 0 bridgehead atoms. The zero-order valence-corrected chi connectivity index (χ0v) is 23.4. The lowest BCUT2D eigenvalue weighted by atomic mass is 9.43. The summed E-state index contributed by atoms with van der Waals surface area (Å²) in [5, 5.41) is 0. The third kappa shape index (κ3) is 5.28. The van der Waals surface area contributed by atoms with Gasteiger partial charge >= 0.3 is 5.97 Å². The molecule has 0 aliphatic heterocycles. The van der Waals surface area contributed by atoms with Crippen LogP contribution in [0.3, 0.4) is 0 Å². The Bertz CT molecular complexity index is 599. The Hall–Kier alpha value is 0.510. The Morgan fingerprint density at radius 3 is 2.39 bits per heavy atom. The average molecular weight is 565 g/mol. The smallest absolute Gasteiger partial charge is 0.305 e. The highest BCUT2D eigenvalue weighted by Gasteiger charge is 2.60. The van der Waals surface area contributed by atoms with Crippen molar-refractivity contribution in [1.82, 2.24) is 0 Å². The van der Waals surface area contributed by atoms with Crippen LogP contribution in [0.15, 0.2) is 0 Å². The minimum absolute atomic E-state index is 0.0317. The second kappa shape index (κ2) is 11.3. The molecule has 4 fully saturated rings. The lowest BCUT2D eigenvalue weighted by molar-refractivity contribution is -0.141. The quantitative estimate of drug-likeness (QED) is 0.191. The number of esters is 1. The minimum atomic E-state index is -0.0317. The fourth-order valence-corrected chi connectivity index (χ4v) is 8.99. The van der Waals surface area contributed by atoms with Crippen LogP contribution in [0.4, 0.5) is 0 Å². The van der Waals surface area contributed by atoms with Gasteiger partial charge in [0, 0.05) is 27.6 Å². The summed E-state index contributed by atoms with van der Waals surface area (Å²) in [5.41, 5.74) is 1.17. The first-order chi connectivity index (χ1) is 14.8.